The third-order valence-corrected chi connectivity index (χ3v) is 3.83. The van der Waals surface area contributed by atoms with E-state index in [1.165, 1.54) is 10.9 Å². The summed E-state index contributed by atoms with van der Waals surface area (Å²) in [6, 6.07) is 4.66. The molecule has 2 aromatic rings. The molecule has 3 N–H and O–H groups in total. The first-order valence-corrected chi connectivity index (χ1v) is 6.60. The molecule has 0 saturated heterocycles. The molecule has 1 unspecified atom stereocenters. The van der Waals surface area contributed by atoms with Gasteiger partial charge in [0, 0.05) is 29.1 Å². The van der Waals surface area contributed by atoms with Crippen LogP contribution < -0.4 is 5.32 Å². The van der Waals surface area contributed by atoms with Gasteiger partial charge in [-0.15, -0.1) is 11.3 Å². The van der Waals surface area contributed by atoms with E-state index in [1.54, 1.807) is 23.5 Å². The van der Waals surface area contributed by atoms with E-state index in [0.29, 0.717) is 0 Å². The van der Waals surface area contributed by atoms with Crippen LogP contribution in [0.15, 0.2) is 23.7 Å². The van der Waals surface area contributed by atoms with Crippen LogP contribution in [0.3, 0.4) is 0 Å². The Morgan fingerprint density at radius 2 is 2.17 bits per heavy atom. The van der Waals surface area contributed by atoms with Crippen LogP contribution in [0.2, 0.25) is 0 Å². The van der Waals surface area contributed by atoms with E-state index in [2.05, 4.69) is 10.3 Å². The van der Waals surface area contributed by atoms with Gasteiger partial charge in [0.15, 0.2) is 0 Å². The standard InChI is InChI=1S/C13H16N2O2S/c1-8(11-4-3-10(16)5-12(11)17)14-6-13-9(2)15-7-18-13/h3-5,7-8,14,16-17H,6H2,1-2H3. The molecular formula is C13H16N2O2S. The van der Waals surface area contributed by atoms with Crippen LogP contribution in [0.5, 0.6) is 11.5 Å². The summed E-state index contributed by atoms with van der Waals surface area (Å²) in [7, 11) is 0. The zero-order valence-corrected chi connectivity index (χ0v) is 11.2. The Bertz CT molecular complexity index is 540. The fourth-order valence-corrected chi connectivity index (χ4v) is 2.48. The Hall–Kier alpha value is -1.59. The maximum absolute atomic E-state index is 9.76. The van der Waals surface area contributed by atoms with Gasteiger partial charge in [-0.3, -0.25) is 0 Å². The number of aromatic nitrogens is 1. The largest absolute Gasteiger partial charge is 0.508 e. The molecule has 4 nitrogen and oxygen atoms in total. The number of phenolic OH excluding ortho intramolecular Hbond substituents is 2. The van der Waals surface area contributed by atoms with Crippen molar-refractivity contribution in [1.82, 2.24) is 10.3 Å². The third-order valence-electron chi connectivity index (χ3n) is 2.89. The van der Waals surface area contributed by atoms with Gasteiger partial charge in [-0.25, -0.2) is 4.98 Å². The monoisotopic (exact) mass is 264 g/mol. The molecule has 0 aliphatic rings. The summed E-state index contributed by atoms with van der Waals surface area (Å²) in [5.41, 5.74) is 3.64. The van der Waals surface area contributed by atoms with Crippen LogP contribution in [0.1, 0.15) is 29.1 Å². The minimum atomic E-state index is 0.00657. The van der Waals surface area contributed by atoms with Gasteiger partial charge in [0.05, 0.1) is 11.2 Å². The molecule has 96 valence electrons. The van der Waals surface area contributed by atoms with Gasteiger partial charge in [0.25, 0.3) is 0 Å². The molecule has 0 aliphatic heterocycles. The number of benzene rings is 1. The summed E-state index contributed by atoms with van der Waals surface area (Å²) >= 11 is 1.62. The molecule has 2 rings (SSSR count). The molecular weight excluding hydrogens is 248 g/mol. The SMILES string of the molecule is Cc1ncsc1CNC(C)c1ccc(O)cc1O. The molecule has 0 aliphatic carbocycles. The zero-order valence-electron chi connectivity index (χ0n) is 10.3. The number of phenols is 2. The number of aryl methyl sites for hydroxylation is 1. The van der Waals surface area contributed by atoms with E-state index >= 15 is 0 Å². The molecule has 0 radical (unpaired) electrons. The van der Waals surface area contributed by atoms with Gasteiger partial charge in [0.2, 0.25) is 0 Å². The van der Waals surface area contributed by atoms with Crippen molar-refractivity contribution in [3.05, 3.63) is 39.8 Å². The first-order chi connectivity index (χ1) is 8.58. The van der Waals surface area contributed by atoms with Crippen LogP contribution in [0.25, 0.3) is 0 Å². The van der Waals surface area contributed by atoms with Crippen molar-refractivity contribution in [2.75, 3.05) is 0 Å². The number of nitrogens with one attached hydrogen (secondary N) is 1. The molecule has 0 fully saturated rings. The van der Waals surface area contributed by atoms with E-state index in [9.17, 15) is 10.2 Å². The molecule has 1 aromatic carbocycles. The Morgan fingerprint density at radius 3 is 2.78 bits per heavy atom. The van der Waals surface area contributed by atoms with Crippen LogP contribution in [0, 0.1) is 6.92 Å². The molecule has 0 spiro atoms. The minimum Gasteiger partial charge on any atom is -0.508 e. The van der Waals surface area contributed by atoms with Crippen LogP contribution in [-0.2, 0) is 6.54 Å². The Kier molecular flexibility index (Phi) is 3.84. The third kappa shape index (κ3) is 2.80. The summed E-state index contributed by atoms with van der Waals surface area (Å²) < 4.78 is 0. The second kappa shape index (κ2) is 5.37. The minimum absolute atomic E-state index is 0.00657. The predicted octanol–water partition coefficient (Wildman–Crippen LogP) is 2.71. The fourth-order valence-electron chi connectivity index (χ4n) is 1.75. The maximum atomic E-state index is 9.76. The molecule has 0 saturated carbocycles. The molecule has 1 heterocycles. The van der Waals surface area contributed by atoms with Crippen molar-refractivity contribution in [3.63, 3.8) is 0 Å². The van der Waals surface area contributed by atoms with E-state index < -0.39 is 0 Å². The highest BCUT2D eigenvalue weighted by Crippen LogP contribution is 2.28. The van der Waals surface area contributed by atoms with Gasteiger partial charge in [0.1, 0.15) is 11.5 Å². The first-order valence-electron chi connectivity index (χ1n) is 5.72. The lowest BCUT2D eigenvalue weighted by Gasteiger charge is -2.15. The molecule has 1 atom stereocenters. The topological polar surface area (TPSA) is 65.4 Å². The summed E-state index contributed by atoms with van der Waals surface area (Å²) in [4.78, 5) is 5.39. The Balaban J connectivity index is 2.03. The van der Waals surface area contributed by atoms with Crippen LogP contribution >= 0.6 is 11.3 Å². The van der Waals surface area contributed by atoms with Gasteiger partial charge < -0.3 is 15.5 Å². The summed E-state index contributed by atoms with van der Waals surface area (Å²) in [5, 5.41) is 22.3. The second-order valence-corrected chi connectivity index (χ2v) is 5.15. The van der Waals surface area contributed by atoms with Gasteiger partial charge >= 0.3 is 0 Å². The van der Waals surface area contributed by atoms with Crippen molar-refractivity contribution >= 4 is 11.3 Å². The highest BCUT2D eigenvalue weighted by atomic mass is 32.1. The second-order valence-electron chi connectivity index (χ2n) is 4.21. The number of rotatable bonds is 4. The summed E-state index contributed by atoms with van der Waals surface area (Å²) in [5.74, 6) is 0.178. The molecule has 5 heteroatoms. The number of hydrogen-bond acceptors (Lipinski definition) is 5. The quantitative estimate of drug-likeness (QED) is 0.794. The number of hydrogen-bond donors (Lipinski definition) is 3. The molecule has 18 heavy (non-hydrogen) atoms. The van der Waals surface area contributed by atoms with Crippen molar-refractivity contribution in [1.29, 1.82) is 0 Å². The molecule has 0 amide bonds. The lowest BCUT2D eigenvalue weighted by atomic mass is 10.1. The lowest BCUT2D eigenvalue weighted by molar-refractivity contribution is 0.436. The van der Waals surface area contributed by atoms with Gasteiger partial charge in [-0.05, 0) is 19.9 Å². The summed E-state index contributed by atoms with van der Waals surface area (Å²) in [6.07, 6.45) is 0. The van der Waals surface area contributed by atoms with Crippen molar-refractivity contribution in [2.24, 2.45) is 0 Å². The maximum Gasteiger partial charge on any atom is 0.124 e. The number of nitrogens with zero attached hydrogens (tertiary/aromatic N) is 1. The highest BCUT2D eigenvalue weighted by Gasteiger charge is 2.11. The lowest BCUT2D eigenvalue weighted by Crippen LogP contribution is -2.18. The van der Waals surface area contributed by atoms with Gasteiger partial charge in [-0.2, -0.15) is 0 Å². The van der Waals surface area contributed by atoms with Crippen LogP contribution in [-0.4, -0.2) is 15.2 Å². The fraction of sp³-hybridized carbons (Fsp3) is 0.308. The van der Waals surface area contributed by atoms with Crippen molar-refractivity contribution < 1.29 is 10.2 Å². The van der Waals surface area contributed by atoms with Crippen LogP contribution in [0.4, 0.5) is 0 Å². The highest BCUT2D eigenvalue weighted by molar-refractivity contribution is 7.09. The smallest absolute Gasteiger partial charge is 0.124 e. The van der Waals surface area contributed by atoms with E-state index in [0.717, 1.165) is 17.8 Å². The van der Waals surface area contributed by atoms with E-state index in [1.807, 2.05) is 19.4 Å². The molecule has 1 aromatic heterocycles. The predicted molar refractivity (Wildman–Crippen MR) is 71.9 cm³/mol. The molecule has 0 bridgehead atoms. The van der Waals surface area contributed by atoms with Crippen molar-refractivity contribution in [2.45, 2.75) is 26.4 Å². The number of aromatic hydroxyl groups is 2. The number of thiazole rings is 1. The zero-order chi connectivity index (χ0) is 13.1. The summed E-state index contributed by atoms with van der Waals surface area (Å²) in [6.45, 7) is 4.68. The van der Waals surface area contributed by atoms with E-state index in [-0.39, 0.29) is 17.5 Å². The van der Waals surface area contributed by atoms with Gasteiger partial charge in [-0.1, -0.05) is 6.07 Å². The Labute approximate surface area is 110 Å². The van der Waals surface area contributed by atoms with Crippen molar-refractivity contribution in [3.8, 4) is 11.5 Å². The van der Waals surface area contributed by atoms with E-state index in [4.69, 9.17) is 0 Å². The Morgan fingerprint density at radius 1 is 1.39 bits per heavy atom. The average molecular weight is 264 g/mol. The first kappa shape index (κ1) is 12.9. The normalized spacial score (nSPS) is 12.6. The average Bonchev–Trinajstić information content (AvgIpc) is 2.72.